The first-order valence-corrected chi connectivity index (χ1v) is 13.9. The van der Waals surface area contributed by atoms with Crippen molar-refractivity contribution in [3.05, 3.63) is 65.1 Å². The van der Waals surface area contributed by atoms with Crippen LogP contribution in [-0.4, -0.2) is 66.7 Å². The summed E-state index contributed by atoms with van der Waals surface area (Å²) >= 11 is 0. The molecular weight excluding hydrogens is 522 g/mol. The summed E-state index contributed by atoms with van der Waals surface area (Å²) in [6.45, 7) is 6.27. The lowest BCUT2D eigenvalue weighted by Crippen LogP contribution is -2.46. The molecule has 2 aliphatic rings. The van der Waals surface area contributed by atoms with Gasteiger partial charge in [0, 0.05) is 36.2 Å². The molecule has 202 valence electrons. The van der Waals surface area contributed by atoms with Crippen LogP contribution in [0.3, 0.4) is 0 Å². The van der Waals surface area contributed by atoms with Gasteiger partial charge < -0.3 is 10.1 Å². The standard InChI is InChI=1S/C26H27N7O5S/c1-15-20(33-13-18-11-28-24(39(5,36)37)30-21(18)32(4)25(33)35)10-19(12-27-15)29-22(34)16-7-6-8-17(9-16)23-31-26(2,3)14-38-23/h6-12H,13-14H2,1-5H3,(H,29,34). The summed E-state index contributed by atoms with van der Waals surface area (Å²) in [5.74, 6) is 0.357. The van der Waals surface area contributed by atoms with Crippen LogP contribution in [0.2, 0.25) is 0 Å². The van der Waals surface area contributed by atoms with E-state index in [-0.39, 0.29) is 29.0 Å². The predicted molar refractivity (Wildman–Crippen MR) is 145 cm³/mol. The number of aliphatic imine (C=N–C) groups is 1. The van der Waals surface area contributed by atoms with Gasteiger partial charge >= 0.3 is 6.03 Å². The molecule has 13 heteroatoms. The highest BCUT2D eigenvalue weighted by molar-refractivity contribution is 7.90. The van der Waals surface area contributed by atoms with Gasteiger partial charge in [0.1, 0.15) is 12.4 Å². The number of fused-ring (bicyclic) bond motifs is 1. The highest BCUT2D eigenvalue weighted by atomic mass is 32.2. The van der Waals surface area contributed by atoms with Crippen molar-refractivity contribution in [3.8, 4) is 0 Å². The Morgan fingerprint density at radius 3 is 2.62 bits per heavy atom. The summed E-state index contributed by atoms with van der Waals surface area (Å²) in [6.07, 6.45) is 3.92. The van der Waals surface area contributed by atoms with Gasteiger partial charge in [-0.2, -0.15) is 0 Å². The van der Waals surface area contributed by atoms with Crippen LogP contribution in [0.1, 0.15) is 41.0 Å². The largest absolute Gasteiger partial charge is 0.475 e. The van der Waals surface area contributed by atoms with Crippen LogP contribution >= 0.6 is 0 Å². The quantitative estimate of drug-likeness (QED) is 0.478. The summed E-state index contributed by atoms with van der Waals surface area (Å²) in [4.78, 5) is 46.1. The Morgan fingerprint density at radius 2 is 1.92 bits per heavy atom. The molecule has 0 aliphatic carbocycles. The molecular formula is C26H27N7O5S. The summed E-state index contributed by atoms with van der Waals surface area (Å²) in [5, 5.41) is 2.49. The number of sulfone groups is 1. The molecule has 3 amide bonds. The summed E-state index contributed by atoms with van der Waals surface area (Å²) in [7, 11) is -2.13. The van der Waals surface area contributed by atoms with E-state index in [1.54, 1.807) is 31.2 Å². The molecule has 0 radical (unpaired) electrons. The van der Waals surface area contributed by atoms with Crippen LogP contribution in [-0.2, 0) is 21.1 Å². The number of nitrogens with one attached hydrogen (secondary N) is 1. The molecule has 2 aliphatic heterocycles. The van der Waals surface area contributed by atoms with Crippen molar-refractivity contribution in [1.29, 1.82) is 0 Å². The third-order valence-electron chi connectivity index (χ3n) is 6.26. The first-order valence-electron chi connectivity index (χ1n) is 12.0. The first-order chi connectivity index (χ1) is 18.3. The maximum absolute atomic E-state index is 13.3. The Labute approximate surface area is 225 Å². The van der Waals surface area contributed by atoms with Crippen LogP contribution in [0, 0.1) is 6.92 Å². The normalized spacial score (nSPS) is 16.4. The summed E-state index contributed by atoms with van der Waals surface area (Å²) in [6, 6.07) is 8.23. The van der Waals surface area contributed by atoms with Crippen molar-refractivity contribution in [1.82, 2.24) is 15.0 Å². The van der Waals surface area contributed by atoms with E-state index < -0.39 is 15.9 Å². The van der Waals surface area contributed by atoms with E-state index in [2.05, 4.69) is 25.3 Å². The van der Waals surface area contributed by atoms with E-state index >= 15 is 0 Å². The van der Waals surface area contributed by atoms with Crippen molar-refractivity contribution in [2.75, 3.05) is 35.0 Å². The van der Waals surface area contributed by atoms with Gasteiger partial charge in [-0.25, -0.2) is 28.2 Å². The maximum Gasteiger partial charge on any atom is 0.330 e. The number of carbonyl (C=O) groups is 2. The van der Waals surface area contributed by atoms with Gasteiger partial charge in [-0.1, -0.05) is 6.07 Å². The maximum atomic E-state index is 13.3. The number of anilines is 3. The fourth-order valence-electron chi connectivity index (χ4n) is 4.25. The van der Waals surface area contributed by atoms with Gasteiger partial charge in [-0.15, -0.1) is 0 Å². The summed E-state index contributed by atoms with van der Waals surface area (Å²) < 4.78 is 29.5. The number of rotatable bonds is 5. The minimum absolute atomic E-state index is 0.100. The molecule has 1 aromatic carbocycles. The summed E-state index contributed by atoms with van der Waals surface area (Å²) in [5.41, 5.74) is 2.80. The molecule has 2 aromatic heterocycles. The number of benzene rings is 1. The molecule has 0 saturated heterocycles. The van der Waals surface area contributed by atoms with E-state index in [0.717, 1.165) is 6.26 Å². The van der Waals surface area contributed by atoms with Gasteiger partial charge in [0.2, 0.25) is 20.9 Å². The Kier molecular flexibility index (Phi) is 6.33. The SMILES string of the molecule is Cc1ncc(NC(=O)c2cccc(C3=NC(C)(C)CO3)c2)cc1N1Cc2cnc(S(C)(=O)=O)nc2N(C)C1=O. The van der Waals surface area contributed by atoms with Crippen LogP contribution in [0.4, 0.5) is 22.0 Å². The van der Waals surface area contributed by atoms with Crippen molar-refractivity contribution >= 4 is 44.9 Å². The topological polar surface area (TPSA) is 147 Å². The Balaban J connectivity index is 1.40. The number of ether oxygens (including phenoxy) is 1. The van der Waals surface area contributed by atoms with E-state index in [1.807, 2.05) is 19.9 Å². The van der Waals surface area contributed by atoms with Gasteiger partial charge in [0.25, 0.3) is 5.91 Å². The zero-order chi connectivity index (χ0) is 28.1. The van der Waals surface area contributed by atoms with Crippen molar-refractivity contribution in [2.45, 2.75) is 38.0 Å². The van der Waals surface area contributed by atoms with Crippen LogP contribution in [0.15, 0.2) is 52.9 Å². The molecule has 0 atom stereocenters. The average molecular weight is 550 g/mol. The van der Waals surface area contributed by atoms with Crippen molar-refractivity contribution in [2.24, 2.45) is 4.99 Å². The van der Waals surface area contributed by atoms with Gasteiger partial charge in [0.05, 0.1) is 35.3 Å². The van der Waals surface area contributed by atoms with Crippen molar-refractivity contribution < 1.29 is 22.7 Å². The van der Waals surface area contributed by atoms with Gasteiger partial charge in [0.15, 0.2) is 0 Å². The molecule has 0 unspecified atom stereocenters. The molecule has 3 aromatic rings. The molecule has 0 bridgehead atoms. The zero-order valence-corrected chi connectivity index (χ0v) is 22.9. The number of pyridine rings is 1. The average Bonchev–Trinajstić information content (AvgIpc) is 3.26. The molecule has 5 rings (SSSR count). The fourth-order valence-corrected chi connectivity index (χ4v) is 4.75. The molecule has 4 heterocycles. The fraction of sp³-hybridized carbons (Fsp3) is 0.308. The molecule has 12 nitrogen and oxygen atoms in total. The lowest BCUT2D eigenvalue weighted by Gasteiger charge is -2.34. The second kappa shape index (κ2) is 9.42. The van der Waals surface area contributed by atoms with Crippen LogP contribution in [0.25, 0.3) is 0 Å². The molecule has 0 fully saturated rings. The van der Waals surface area contributed by atoms with E-state index in [4.69, 9.17) is 4.74 Å². The molecule has 0 saturated carbocycles. The minimum atomic E-state index is -3.64. The van der Waals surface area contributed by atoms with Crippen LogP contribution < -0.4 is 15.1 Å². The number of aromatic nitrogens is 3. The molecule has 0 spiro atoms. The highest BCUT2D eigenvalue weighted by Gasteiger charge is 2.33. The predicted octanol–water partition coefficient (Wildman–Crippen LogP) is 2.97. The van der Waals surface area contributed by atoms with Crippen LogP contribution in [0.5, 0.6) is 0 Å². The first kappa shape index (κ1) is 26.2. The second-order valence-corrected chi connectivity index (χ2v) is 12.0. The van der Waals surface area contributed by atoms with E-state index in [0.29, 0.717) is 46.3 Å². The molecule has 39 heavy (non-hydrogen) atoms. The Hall–Kier alpha value is -4.39. The number of urea groups is 1. The number of aryl methyl sites for hydroxylation is 1. The number of carbonyl (C=O) groups excluding carboxylic acids is 2. The number of hydrogen-bond acceptors (Lipinski definition) is 9. The minimum Gasteiger partial charge on any atom is -0.475 e. The third kappa shape index (κ3) is 5.17. The highest BCUT2D eigenvalue weighted by Crippen LogP contribution is 2.32. The number of hydrogen-bond donors (Lipinski definition) is 1. The van der Waals surface area contributed by atoms with E-state index in [1.165, 1.54) is 29.2 Å². The Morgan fingerprint density at radius 1 is 1.15 bits per heavy atom. The van der Waals surface area contributed by atoms with Gasteiger partial charge in [-0.3, -0.25) is 19.6 Å². The van der Waals surface area contributed by atoms with Crippen molar-refractivity contribution in [3.63, 3.8) is 0 Å². The Bertz CT molecular complexity index is 1650. The lowest BCUT2D eigenvalue weighted by molar-refractivity contribution is 0.102. The number of amides is 3. The second-order valence-electron chi connectivity index (χ2n) is 10.1. The van der Waals surface area contributed by atoms with E-state index in [9.17, 15) is 18.0 Å². The zero-order valence-electron chi connectivity index (χ0n) is 22.1. The monoisotopic (exact) mass is 549 g/mol. The lowest BCUT2D eigenvalue weighted by atomic mass is 10.1. The van der Waals surface area contributed by atoms with Gasteiger partial charge in [-0.05, 0) is 45.0 Å². The molecule has 1 N–H and O–H groups in total. The number of nitrogens with zero attached hydrogens (tertiary/aromatic N) is 6. The smallest absolute Gasteiger partial charge is 0.330 e. The third-order valence-corrected chi connectivity index (χ3v) is 7.12.